The van der Waals surface area contributed by atoms with Gasteiger partial charge in [-0.15, -0.1) is 0 Å². The highest BCUT2D eigenvalue weighted by molar-refractivity contribution is 5.89. The zero-order valence-electron chi connectivity index (χ0n) is 16.1. The van der Waals surface area contributed by atoms with E-state index in [2.05, 4.69) is 9.80 Å². The quantitative estimate of drug-likeness (QED) is 0.793. The smallest absolute Gasteiger partial charge is 0.338 e. The average Bonchev–Trinajstić information content (AvgIpc) is 2.70. The fraction of sp³-hybridized carbons (Fsp3) is 0.636. The minimum absolute atomic E-state index is 0.0751. The van der Waals surface area contributed by atoms with Crippen LogP contribution < -0.4 is 0 Å². The molecule has 150 valence electrons. The van der Waals surface area contributed by atoms with E-state index in [-0.39, 0.29) is 17.8 Å². The van der Waals surface area contributed by atoms with Crippen molar-refractivity contribution >= 4 is 11.9 Å². The van der Waals surface area contributed by atoms with Gasteiger partial charge in [-0.1, -0.05) is 0 Å². The van der Waals surface area contributed by atoms with E-state index in [9.17, 15) is 14.7 Å². The summed E-state index contributed by atoms with van der Waals surface area (Å²) >= 11 is 0. The molecule has 28 heavy (non-hydrogen) atoms. The van der Waals surface area contributed by atoms with Crippen LogP contribution in [0.1, 0.15) is 48.9 Å². The molecule has 0 saturated carbocycles. The lowest BCUT2D eigenvalue weighted by Crippen LogP contribution is -2.65. The summed E-state index contributed by atoms with van der Waals surface area (Å²) in [6.45, 7) is 2.92. The number of piperidine rings is 4. The number of carbonyl (C=O) groups is 2. The number of ether oxygens (including phenoxy) is 1. The second kappa shape index (κ2) is 7.07. The first-order chi connectivity index (χ1) is 13.6. The minimum atomic E-state index is -0.318. The number of aromatic hydroxyl groups is 1. The number of benzene rings is 1. The Bertz CT molecular complexity index is 764. The molecule has 0 spiro atoms. The molecule has 4 fully saturated rings. The predicted molar refractivity (Wildman–Crippen MR) is 103 cm³/mol. The highest BCUT2D eigenvalue weighted by atomic mass is 16.5. The summed E-state index contributed by atoms with van der Waals surface area (Å²) < 4.78 is 5.80. The number of hydrogen-bond acceptors (Lipinski definition) is 5. The number of hydrogen-bond donors (Lipinski definition) is 1. The van der Waals surface area contributed by atoms with Crippen LogP contribution >= 0.6 is 0 Å². The van der Waals surface area contributed by atoms with Crippen LogP contribution in [0.4, 0.5) is 0 Å². The molecule has 1 amide bonds. The number of amides is 1. The van der Waals surface area contributed by atoms with Gasteiger partial charge in [-0.2, -0.15) is 0 Å². The van der Waals surface area contributed by atoms with Gasteiger partial charge in [0.05, 0.1) is 5.56 Å². The van der Waals surface area contributed by atoms with E-state index in [4.69, 9.17) is 4.74 Å². The van der Waals surface area contributed by atoms with Gasteiger partial charge in [-0.3, -0.25) is 9.69 Å². The van der Waals surface area contributed by atoms with Crippen molar-refractivity contribution in [3.8, 4) is 5.75 Å². The first kappa shape index (κ1) is 18.0. The van der Waals surface area contributed by atoms with Gasteiger partial charge < -0.3 is 14.7 Å². The van der Waals surface area contributed by atoms with Crippen LogP contribution in [0.2, 0.25) is 0 Å². The third kappa shape index (κ3) is 3.17. The highest BCUT2D eigenvalue weighted by Crippen LogP contribution is 2.43. The molecule has 5 atom stereocenters. The van der Waals surface area contributed by atoms with E-state index < -0.39 is 0 Å². The lowest BCUT2D eigenvalue weighted by Gasteiger charge is -2.57. The topological polar surface area (TPSA) is 70.1 Å². The molecule has 1 aromatic carbocycles. The van der Waals surface area contributed by atoms with Gasteiger partial charge >= 0.3 is 5.97 Å². The maximum Gasteiger partial charge on any atom is 0.338 e. The predicted octanol–water partition coefficient (Wildman–Crippen LogP) is 2.41. The molecule has 4 aliphatic heterocycles. The Morgan fingerprint density at radius 1 is 1.04 bits per heavy atom. The van der Waals surface area contributed by atoms with Crippen molar-refractivity contribution in [2.45, 2.75) is 56.7 Å². The maximum absolute atomic E-state index is 12.5. The van der Waals surface area contributed by atoms with Gasteiger partial charge in [0.2, 0.25) is 5.91 Å². The standard InChI is InChI=1S/C22H28N2O4/c25-17-6-4-14(5-7-17)22(27)28-18-8-9-23-12-15-10-16(20(23)11-18)13-24-19(15)2-1-3-21(24)26/h4-7,15-16,18-20,25H,1-3,8-13H2/t15-,16-,18+,19-,20+/m1/s1. The van der Waals surface area contributed by atoms with E-state index in [1.807, 2.05) is 0 Å². The summed E-state index contributed by atoms with van der Waals surface area (Å²) in [4.78, 5) is 29.7. The summed E-state index contributed by atoms with van der Waals surface area (Å²) in [5.74, 6) is 1.26. The molecule has 4 saturated heterocycles. The first-order valence-corrected chi connectivity index (χ1v) is 10.6. The normalized spacial score (nSPS) is 35.1. The zero-order chi connectivity index (χ0) is 19.3. The summed E-state index contributed by atoms with van der Waals surface area (Å²) in [5, 5.41) is 9.39. The Hall–Kier alpha value is -2.08. The molecule has 2 bridgehead atoms. The summed E-state index contributed by atoms with van der Waals surface area (Å²) in [7, 11) is 0. The van der Waals surface area contributed by atoms with E-state index >= 15 is 0 Å². The molecule has 1 aromatic rings. The van der Waals surface area contributed by atoms with Crippen molar-refractivity contribution in [2.75, 3.05) is 19.6 Å². The zero-order valence-corrected chi connectivity index (χ0v) is 16.1. The average molecular weight is 384 g/mol. The molecule has 6 heteroatoms. The van der Waals surface area contributed by atoms with Crippen molar-refractivity contribution in [1.82, 2.24) is 9.80 Å². The molecular formula is C22H28N2O4. The Kier molecular flexibility index (Phi) is 4.54. The van der Waals surface area contributed by atoms with Gasteiger partial charge in [0.15, 0.2) is 0 Å². The Balaban J connectivity index is 1.26. The summed E-state index contributed by atoms with van der Waals surface area (Å²) in [5.41, 5.74) is 0.475. The number of nitrogens with zero attached hydrogens (tertiary/aromatic N) is 2. The van der Waals surface area contributed by atoms with E-state index in [1.54, 1.807) is 12.1 Å². The Morgan fingerprint density at radius 3 is 2.64 bits per heavy atom. The lowest BCUT2D eigenvalue weighted by atomic mass is 9.70. The molecule has 5 rings (SSSR count). The van der Waals surface area contributed by atoms with Crippen LogP contribution in [-0.4, -0.2) is 64.6 Å². The second-order valence-corrected chi connectivity index (χ2v) is 8.92. The third-order valence-electron chi connectivity index (χ3n) is 7.29. The molecular weight excluding hydrogens is 356 g/mol. The van der Waals surface area contributed by atoms with Crippen molar-refractivity contribution < 1.29 is 19.4 Å². The second-order valence-electron chi connectivity index (χ2n) is 8.92. The van der Waals surface area contributed by atoms with Gasteiger partial charge in [0.1, 0.15) is 11.9 Å². The Morgan fingerprint density at radius 2 is 1.82 bits per heavy atom. The van der Waals surface area contributed by atoms with Crippen molar-refractivity contribution in [2.24, 2.45) is 11.8 Å². The molecule has 4 aliphatic rings. The van der Waals surface area contributed by atoms with E-state index in [0.717, 1.165) is 45.3 Å². The molecule has 1 N–H and O–H groups in total. The molecule has 0 aliphatic carbocycles. The van der Waals surface area contributed by atoms with Crippen molar-refractivity contribution in [3.63, 3.8) is 0 Å². The van der Waals surface area contributed by atoms with Gasteiger partial charge in [0.25, 0.3) is 0 Å². The minimum Gasteiger partial charge on any atom is -0.508 e. The number of rotatable bonds is 2. The SMILES string of the molecule is O=C(O[C@H]1CCN2C[C@H]3C[C@H](CN4C(=O)CCC[C@H]34)[C@@H]2C1)c1ccc(O)cc1. The fourth-order valence-electron chi connectivity index (χ4n) is 5.98. The fourth-order valence-corrected chi connectivity index (χ4v) is 5.98. The van der Waals surface area contributed by atoms with Gasteiger partial charge in [-0.25, -0.2) is 4.79 Å². The third-order valence-corrected chi connectivity index (χ3v) is 7.29. The van der Waals surface area contributed by atoms with Gasteiger partial charge in [0, 0.05) is 44.6 Å². The molecule has 4 heterocycles. The number of esters is 1. The van der Waals surface area contributed by atoms with Crippen LogP contribution in [0.15, 0.2) is 24.3 Å². The number of phenolic OH excluding ortho intramolecular Hbond substituents is 1. The maximum atomic E-state index is 12.5. The van der Waals surface area contributed by atoms with Crippen molar-refractivity contribution in [3.05, 3.63) is 29.8 Å². The molecule has 0 aromatic heterocycles. The largest absolute Gasteiger partial charge is 0.508 e. The number of fused-ring (bicyclic) bond motifs is 6. The van der Waals surface area contributed by atoms with Crippen LogP contribution in [-0.2, 0) is 9.53 Å². The first-order valence-electron chi connectivity index (χ1n) is 10.6. The summed E-state index contributed by atoms with van der Waals surface area (Å²) in [6.07, 6.45) is 5.76. The van der Waals surface area contributed by atoms with Crippen LogP contribution in [0.5, 0.6) is 5.75 Å². The lowest BCUT2D eigenvalue weighted by molar-refractivity contribution is -0.150. The van der Waals surface area contributed by atoms with E-state index in [0.29, 0.717) is 41.8 Å². The van der Waals surface area contributed by atoms with Crippen LogP contribution in [0, 0.1) is 11.8 Å². The van der Waals surface area contributed by atoms with Crippen LogP contribution in [0.25, 0.3) is 0 Å². The van der Waals surface area contributed by atoms with Crippen LogP contribution in [0.3, 0.4) is 0 Å². The van der Waals surface area contributed by atoms with Gasteiger partial charge in [-0.05, 0) is 61.8 Å². The highest BCUT2D eigenvalue weighted by Gasteiger charge is 2.49. The monoisotopic (exact) mass is 384 g/mol. The Labute approximate surface area is 165 Å². The van der Waals surface area contributed by atoms with Crippen molar-refractivity contribution in [1.29, 1.82) is 0 Å². The van der Waals surface area contributed by atoms with E-state index in [1.165, 1.54) is 18.6 Å². The summed E-state index contributed by atoms with van der Waals surface area (Å²) in [6, 6.07) is 7.06. The molecule has 0 radical (unpaired) electrons. The molecule has 0 unspecified atom stereocenters. The number of carbonyl (C=O) groups excluding carboxylic acids is 2. The molecule has 6 nitrogen and oxygen atoms in total. The number of phenols is 1.